The van der Waals surface area contributed by atoms with Crippen molar-refractivity contribution >= 4 is 28.4 Å². The van der Waals surface area contributed by atoms with Crippen LogP contribution in [0.25, 0.3) is 0 Å². The average molecular weight is 150 g/mol. The normalized spacial score (nSPS) is 28.2. The number of nitrogens with zero attached hydrogens (tertiary/aromatic N) is 1. The van der Waals surface area contributed by atoms with Gasteiger partial charge in [-0.15, -0.1) is 11.6 Å². The van der Waals surface area contributed by atoms with Crippen LogP contribution in [0.4, 0.5) is 0 Å². The van der Waals surface area contributed by atoms with Crippen LogP contribution >= 0.6 is 23.4 Å². The van der Waals surface area contributed by atoms with Crippen molar-refractivity contribution < 1.29 is 0 Å². The monoisotopic (exact) mass is 149 g/mol. The molecule has 1 nitrogen and oxygen atoms in total. The minimum Gasteiger partial charge on any atom is -0.280 e. The third-order valence-corrected chi connectivity index (χ3v) is 2.48. The van der Waals surface area contributed by atoms with Gasteiger partial charge in [0, 0.05) is 0 Å². The van der Waals surface area contributed by atoms with Gasteiger partial charge in [-0.2, -0.15) is 0 Å². The van der Waals surface area contributed by atoms with E-state index in [1.54, 1.807) is 11.8 Å². The molecule has 1 aliphatic heterocycles. The predicted molar refractivity (Wildman–Crippen MR) is 39.8 cm³/mol. The Morgan fingerprint density at radius 3 is 3.00 bits per heavy atom. The molecule has 1 unspecified atom stereocenters. The minimum absolute atomic E-state index is 0.213. The first kappa shape index (κ1) is 6.43. The maximum absolute atomic E-state index is 5.73. The van der Waals surface area contributed by atoms with Crippen molar-refractivity contribution in [2.45, 2.75) is 18.1 Å². The van der Waals surface area contributed by atoms with Crippen molar-refractivity contribution in [2.24, 2.45) is 4.99 Å². The molecular formula is C5H8ClNS. The van der Waals surface area contributed by atoms with Gasteiger partial charge in [0.1, 0.15) is 4.71 Å². The lowest BCUT2D eigenvalue weighted by molar-refractivity contribution is 1.11. The molecular weight excluding hydrogens is 142 g/mol. The molecule has 0 spiro atoms. The lowest BCUT2D eigenvalue weighted by Crippen LogP contribution is -1.88. The number of rotatable bonds is 1. The quantitative estimate of drug-likeness (QED) is 0.521. The summed E-state index contributed by atoms with van der Waals surface area (Å²) in [5.74, 6) is 0. The van der Waals surface area contributed by atoms with Gasteiger partial charge in [-0.05, 0) is 6.42 Å². The highest BCUT2D eigenvalue weighted by Crippen LogP contribution is 2.25. The molecule has 0 bridgehead atoms. The lowest BCUT2D eigenvalue weighted by atomic mass is 10.5. The molecule has 0 aromatic rings. The summed E-state index contributed by atoms with van der Waals surface area (Å²) in [4.78, 5) is 4.18. The molecule has 0 radical (unpaired) electrons. The van der Waals surface area contributed by atoms with Crippen LogP contribution in [0.1, 0.15) is 13.3 Å². The van der Waals surface area contributed by atoms with Gasteiger partial charge in [-0.3, -0.25) is 4.99 Å². The van der Waals surface area contributed by atoms with Crippen LogP contribution in [0.3, 0.4) is 0 Å². The van der Waals surface area contributed by atoms with Crippen molar-refractivity contribution in [3.05, 3.63) is 0 Å². The first-order valence-corrected chi connectivity index (χ1v) is 3.98. The third kappa shape index (κ3) is 1.39. The van der Waals surface area contributed by atoms with E-state index in [2.05, 4.69) is 11.9 Å². The summed E-state index contributed by atoms with van der Waals surface area (Å²) in [6.07, 6.45) is 1.04. The van der Waals surface area contributed by atoms with Gasteiger partial charge in [-0.25, -0.2) is 0 Å². The van der Waals surface area contributed by atoms with E-state index >= 15 is 0 Å². The zero-order valence-corrected chi connectivity index (χ0v) is 6.30. The Morgan fingerprint density at radius 1 is 2.00 bits per heavy atom. The van der Waals surface area contributed by atoms with Crippen LogP contribution in [0.15, 0.2) is 4.99 Å². The van der Waals surface area contributed by atoms with E-state index in [9.17, 15) is 0 Å². The molecule has 1 heterocycles. The number of alkyl halides is 1. The molecule has 46 valence electrons. The minimum atomic E-state index is 0.213. The molecule has 3 heteroatoms. The highest BCUT2D eigenvalue weighted by molar-refractivity contribution is 8.15. The SMILES string of the molecule is CCC1=NCC(Cl)S1. The van der Waals surface area contributed by atoms with Crippen LogP contribution < -0.4 is 0 Å². The van der Waals surface area contributed by atoms with E-state index in [4.69, 9.17) is 11.6 Å². The van der Waals surface area contributed by atoms with Crippen molar-refractivity contribution in [3.63, 3.8) is 0 Å². The van der Waals surface area contributed by atoms with Crippen molar-refractivity contribution in [2.75, 3.05) is 6.54 Å². The second kappa shape index (κ2) is 2.74. The van der Waals surface area contributed by atoms with E-state index < -0.39 is 0 Å². The molecule has 8 heavy (non-hydrogen) atoms. The Bertz CT molecular complexity index is 113. The van der Waals surface area contributed by atoms with E-state index in [-0.39, 0.29) is 4.71 Å². The zero-order chi connectivity index (χ0) is 5.98. The van der Waals surface area contributed by atoms with Gasteiger partial charge in [0.25, 0.3) is 0 Å². The lowest BCUT2D eigenvalue weighted by Gasteiger charge is -1.92. The van der Waals surface area contributed by atoms with E-state index in [0.717, 1.165) is 13.0 Å². The van der Waals surface area contributed by atoms with Gasteiger partial charge in [-0.1, -0.05) is 18.7 Å². The topological polar surface area (TPSA) is 12.4 Å². The average Bonchev–Trinajstić information content (AvgIpc) is 2.14. The van der Waals surface area contributed by atoms with Crippen molar-refractivity contribution in [1.29, 1.82) is 0 Å². The Labute approximate surface area is 58.5 Å². The fraction of sp³-hybridized carbons (Fsp3) is 0.800. The van der Waals surface area contributed by atoms with Gasteiger partial charge in [0.2, 0.25) is 0 Å². The number of hydrogen-bond acceptors (Lipinski definition) is 2. The summed E-state index contributed by atoms with van der Waals surface area (Å²) in [5, 5.41) is 1.20. The maximum atomic E-state index is 5.73. The molecule has 0 fully saturated rings. The van der Waals surface area contributed by atoms with Gasteiger partial charge in [0.15, 0.2) is 0 Å². The Kier molecular flexibility index (Phi) is 2.20. The van der Waals surface area contributed by atoms with Crippen LogP contribution in [-0.4, -0.2) is 16.3 Å². The Hall–Kier alpha value is 0.310. The molecule has 0 aromatic carbocycles. The second-order valence-electron chi connectivity index (χ2n) is 1.62. The van der Waals surface area contributed by atoms with Gasteiger partial charge < -0.3 is 0 Å². The maximum Gasteiger partial charge on any atom is 0.104 e. The summed E-state index contributed by atoms with van der Waals surface area (Å²) in [6, 6.07) is 0. The fourth-order valence-corrected chi connectivity index (χ4v) is 1.73. The largest absolute Gasteiger partial charge is 0.280 e. The Balaban J connectivity index is 2.37. The molecule has 0 aliphatic carbocycles. The predicted octanol–water partition coefficient (Wildman–Crippen LogP) is 2.11. The third-order valence-electron chi connectivity index (χ3n) is 0.978. The molecule has 0 amide bonds. The molecule has 1 aliphatic rings. The summed E-state index contributed by atoms with van der Waals surface area (Å²) < 4.78 is 0.213. The fourth-order valence-electron chi connectivity index (χ4n) is 0.591. The number of hydrogen-bond donors (Lipinski definition) is 0. The Morgan fingerprint density at radius 2 is 2.75 bits per heavy atom. The van der Waals surface area contributed by atoms with E-state index in [1.165, 1.54) is 5.04 Å². The first-order chi connectivity index (χ1) is 3.83. The van der Waals surface area contributed by atoms with Crippen LogP contribution in [0, 0.1) is 0 Å². The molecule has 0 saturated carbocycles. The smallest absolute Gasteiger partial charge is 0.104 e. The van der Waals surface area contributed by atoms with Crippen LogP contribution in [0.2, 0.25) is 0 Å². The summed E-state index contributed by atoms with van der Waals surface area (Å²) in [5.41, 5.74) is 0. The van der Waals surface area contributed by atoms with Gasteiger partial charge in [0.05, 0.1) is 11.6 Å². The first-order valence-electron chi connectivity index (χ1n) is 2.67. The van der Waals surface area contributed by atoms with Crippen LogP contribution in [-0.2, 0) is 0 Å². The summed E-state index contributed by atoms with van der Waals surface area (Å²) >= 11 is 7.42. The standard InChI is InChI=1S/C5H8ClNS/c1-2-5-7-3-4(6)8-5/h4H,2-3H2,1H3. The highest BCUT2D eigenvalue weighted by atomic mass is 35.5. The summed E-state index contributed by atoms with van der Waals surface area (Å²) in [7, 11) is 0. The van der Waals surface area contributed by atoms with Gasteiger partial charge >= 0.3 is 0 Å². The van der Waals surface area contributed by atoms with Crippen LogP contribution in [0.5, 0.6) is 0 Å². The van der Waals surface area contributed by atoms with Crippen molar-refractivity contribution in [1.82, 2.24) is 0 Å². The second-order valence-corrected chi connectivity index (χ2v) is 3.68. The van der Waals surface area contributed by atoms with E-state index in [1.807, 2.05) is 0 Å². The molecule has 0 aromatic heterocycles. The molecule has 1 atom stereocenters. The molecule has 1 rings (SSSR count). The molecule has 0 saturated heterocycles. The summed E-state index contributed by atoms with van der Waals surface area (Å²) in [6.45, 7) is 2.90. The number of halogens is 1. The zero-order valence-electron chi connectivity index (χ0n) is 4.72. The molecule has 0 N–H and O–H groups in total. The highest BCUT2D eigenvalue weighted by Gasteiger charge is 2.13. The number of thioether (sulfide) groups is 1. The van der Waals surface area contributed by atoms with E-state index in [0.29, 0.717) is 0 Å². The van der Waals surface area contributed by atoms with Crippen molar-refractivity contribution in [3.8, 4) is 0 Å². The number of aliphatic imine (C=N–C) groups is 1.